The van der Waals surface area contributed by atoms with Gasteiger partial charge >= 0.3 is 0 Å². The lowest BCUT2D eigenvalue weighted by Crippen LogP contribution is -3.00. The Morgan fingerprint density at radius 2 is 1.75 bits per heavy atom. The van der Waals surface area contributed by atoms with E-state index in [1.807, 2.05) is 23.2 Å². The molecule has 1 aliphatic rings. The highest BCUT2D eigenvalue weighted by Crippen LogP contribution is 2.13. The highest BCUT2D eigenvalue weighted by atomic mass is 35.5. The SMILES string of the molecule is O=C(c1ccc(Cl)cc1)N1CCN(CCc2ccccn2)CC1.[Cl-]. The van der Waals surface area contributed by atoms with E-state index in [0.717, 1.165) is 44.8 Å². The average molecular weight is 365 g/mol. The fourth-order valence-electron chi connectivity index (χ4n) is 2.77. The number of carbonyl (C=O) groups is 1. The normalized spacial score (nSPS) is 15.0. The maximum absolute atomic E-state index is 12.5. The summed E-state index contributed by atoms with van der Waals surface area (Å²) in [6, 6.07) is 13.1. The predicted octanol–water partition coefficient (Wildman–Crippen LogP) is -0.260. The number of piperazine rings is 1. The lowest BCUT2D eigenvalue weighted by Gasteiger charge is -2.34. The van der Waals surface area contributed by atoms with Crippen LogP contribution in [-0.2, 0) is 6.42 Å². The van der Waals surface area contributed by atoms with Crippen molar-refractivity contribution in [1.29, 1.82) is 0 Å². The van der Waals surface area contributed by atoms with Crippen LogP contribution in [0.3, 0.4) is 0 Å². The van der Waals surface area contributed by atoms with Crippen molar-refractivity contribution < 1.29 is 17.2 Å². The summed E-state index contributed by atoms with van der Waals surface area (Å²) < 4.78 is 0. The Labute approximate surface area is 153 Å². The van der Waals surface area contributed by atoms with Crippen LogP contribution in [0.5, 0.6) is 0 Å². The summed E-state index contributed by atoms with van der Waals surface area (Å²) in [6.45, 7) is 4.34. The van der Waals surface area contributed by atoms with Gasteiger partial charge in [0.15, 0.2) is 0 Å². The quantitative estimate of drug-likeness (QED) is 0.749. The summed E-state index contributed by atoms with van der Waals surface area (Å²) in [4.78, 5) is 21.1. The Morgan fingerprint density at radius 3 is 2.38 bits per heavy atom. The Hall–Kier alpha value is -1.62. The summed E-state index contributed by atoms with van der Waals surface area (Å²) in [5.41, 5.74) is 1.82. The van der Waals surface area contributed by atoms with Crippen molar-refractivity contribution in [2.45, 2.75) is 6.42 Å². The number of hydrogen-bond acceptors (Lipinski definition) is 3. The number of nitrogens with zero attached hydrogens (tertiary/aromatic N) is 3. The van der Waals surface area contributed by atoms with E-state index in [-0.39, 0.29) is 18.3 Å². The summed E-state index contributed by atoms with van der Waals surface area (Å²) in [5, 5.41) is 0.654. The van der Waals surface area contributed by atoms with E-state index in [4.69, 9.17) is 11.6 Å². The van der Waals surface area contributed by atoms with Gasteiger partial charge in [-0.3, -0.25) is 14.7 Å². The van der Waals surface area contributed by atoms with E-state index in [2.05, 4.69) is 16.0 Å². The van der Waals surface area contributed by atoms with Crippen molar-refractivity contribution in [3.8, 4) is 0 Å². The molecule has 0 aliphatic carbocycles. The second-order valence-corrected chi connectivity index (χ2v) is 6.15. The van der Waals surface area contributed by atoms with Crippen LogP contribution in [0, 0.1) is 0 Å². The molecule has 1 aromatic heterocycles. The highest BCUT2D eigenvalue weighted by molar-refractivity contribution is 6.30. The van der Waals surface area contributed by atoms with Crippen molar-refractivity contribution in [2.75, 3.05) is 32.7 Å². The third kappa shape index (κ3) is 4.94. The molecule has 0 N–H and O–H groups in total. The van der Waals surface area contributed by atoms with Crippen LogP contribution in [0.1, 0.15) is 16.1 Å². The van der Waals surface area contributed by atoms with Crippen molar-refractivity contribution in [3.05, 3.63) is 64.9 Å². The molecule has 1 aliphatic heterocycles. The van der Waals surface area contributed by atoms with E-state index in [1.165, 1.54) is 0 Å². The van der Waals surface area contributed by atoms with Gasteiger partial charge in [0.1, 0.15) is 0 Å². The van der Waals surface area contributed by atoms with E-state index < -0.39 is 0 Å². The van der Waals surface area contributed by atoms with Gasteiger partial charge in [0, 0.05) is 61.6 Å². The minimum absolute atomic E-state index is 0. The maximum Gasteiger partial charge on any atom is 0.253 e. The van der Waals surface area contributed by atoms with Gasteiger partial charge in [-0.15, -0.1) is 0 Å². The number of pyridine rings is 1. The molecule has 2 aromatic rings. The maximum atomic E-state index is 12.5. The zero-order valence-corrected chi connectivity index (χ0v) is 14.9. The summed E-state index contributed by atoms with van der Waals surface area (Å²) in [6.07, 6.45) is 2.78. The number of amides is 1. The van der Waals surface area contributed by atoms with E-state index in [1.54, 1.807) is 24.3 Å². The van der Waals surface area contributed by atoms with Crippen LogP contribution in [-0.4, -0.2) is 53.4 Å². The smallest absolute Gasteiger partial charge is 0.253 e. The van der Waals surface area contributed by atoms with Crippen molar-refractivity contribution in [1.82, 2.24) is 14.8 Å². The van der Waals surface area contributed by atoms with Crippen LogP contribution in [0.2, 0.25) is 5.02 Å². The zero-order chi connectivity index (χ0) is 16.1. The first-order valence-corrected chi connectivity index (χ1v) is 8.27. The number of carbonyl (C=O) groups excluding carboxylic acids is 1. The third-order valence-electron chi connectivity index (χ3n) is 4.16. The molecule has 128 valence electrons. The first kappa shape index (κ1) is 18.7. The van der Waals surface area contributed by atoms with Crippen LogP contribution in [0.15, 0.2) is 48.7 Å². The average Bonchev–Trinajstić information content (AvgIpc) is 2.61. The number of aromatic nitrogens is 1. The summed E-state index contributed by atoms with van der Waals surface area (Å²) >= 11 is 5.87. The van der Waals surface area contributed by atoms with Gasteiger partial charge in [-0.1, -0.05) is 17.7 Å². The Kier molecular flexibility index (Phi) is 7.03. The molecule has 3 rings (SSSR count). The standard InChI is InChI=1S/C18H20ClN3O.ClH/c19-16-6-4-15(5-7-16)18(23)22-13-11-21(12-14-22)10-8-17-3-1-2-9-20-17;/h1-7,9H,8,10-14H2;1H/p-1. The van der Waals surface area contributed by atoms with E-state index in [9.17, 15) is 4.79 Å². The third-order valence-corrected chi connectivity index (χ3v) is 4.41. The Balaban J connectivity index is 0.00000208. The molecule has 0 atom stereocenters. The molecule has 0 saturated carbocycles. The molecule has 1 amide bonds. The van der Waals surface area contributed by atoms with Gasteiger partial charge in [0.2, 0.25) is 0 Å². The number of halogens is 2. The summed E-state index contributed by atoms with van der Waals surface area (Å²) in [7, 11) is 0. The van der Waals surface area contributed by atoms with Gasteiger partial charge in [0.25, 0.3) is 5.91 Å². The van der Waals surface area contributed by atoms with Crippen LogP contribution < -0.4 is 12.4 Å². The topological polar surface area (TPSA) is 36.4 Å². The molecule has 1 fully saturated rings. The van der Waals surface area contributed by atoms with Crippen LogP contribution in [0.4, 0.5) is 0 Å². The van der Waals surface area contributed by atoms with Crippen LogP contribution in [0.25, 0.3) is 0 Å². The lowest BCUT2D eigenvalue weighted by molar-refractivity contribution is -0.0000151. The van der Waals surface area contributed by atoms with Gasteiger partial charge in [-0.2, -0.15) is 0 Å². The zero-order valence-electron chi connectivity index (χ0n) is 13.4. The van der Waals surface area contributed by atoms with E-state index >= 15 is 0 Å². The van der Waals surface area contributed by atoms with Crippen molar-refractivity contribution in [3.63, 3.8) is 0 Å². The van der Waals surface area contributed by atoms with Gasteiger partial charge in [-0.25, -0.2) is 0 Å². The Morgan fingerprint density at radius 1 is 1.04 bits per heavy atom. The predicted molar refractivity (Wildman–Crippen MR) is 91.7 cm³/mol. The Bertz CT molecular complexity index is 641. The van der Waals surface area contributed by atoms with Gasteiger partial charge in [-0.05, 0) is 36.4 Å². The molecule has 24 heavy (non-hydrogen) atoms. The molecule has 2 heterocycles. The van der Waals surface area contributed by atoms with Gasteiger partial charge in [0.05, 0.1) is 0 Å². The number of rotatable bonds is 4. The molecule has 4 nitrogen and oxygen atoms in total. The van der Waals surface area contributed by atoms with Crippen LogP contribution >= 0.6 is 11.6 Å². The molecule has 0 spiro atoms. The molecule has 0 radical (unpaired) electrons. The fraction of sp³-hybridized carbons (Fsp3) is 0.333. The van der Waals surface area contributed by atoms with Crippen molar-refractivity contribution >= 4 is 17.5 Å². The first-order chi connectivity index (χ1) is 11.2. The molecule has 0 bridgehead atoms. The first-order valence-electron chi connectivity index (χ1n) is 7.89. The molecule has 1 saturated heterocycles. The minimum atomic E-state index is 0. The molecule has 0 unspecified atom stereocenters. The monoisotopic (exact) mass is 364 g/mol. The van der Waals surface area contributed by atoms with Gasteiger partial charge < -0.3 is 17.3 Å². The fourth-order valence-corrected chi connectivity index (χ4v) is 2.89. The molecular formula is C18H20Cl2N3O-. The summed E-state index contributed by atoms with van der Waals surface area (Å²) in [5.74, 6) is 0.0889. The molecular weight excluding hydrogens is 345 g/mol. The molecule has 6 heteroatoms. The second-order valence-electron chi connectivity index (χ2n) is 5.71. The highest BCUT2D eigenvalue weighted by Gasteiger charge is 2.21. The number of benzene rings is 1. The van der Waals surface area contributed by atoms with E-state index in [0.29, 0.717) is 10.6 Å². The largest absolute Gasteiger partial charge is 1.00 e. The number of hydrogen-bond donors (Lipinski definition) is 0. The van der Waals surface area contributed by atoms with Crippen molar-refractivity contribution in [2.24, 2.45) is 0 Å². The lowest BCUT2D eigenvalue weighted by atomic mass is 10.1. The second kappa shape index (κ2) is 9.02. The molecule has 1 aromatic carbocycles. The minimum Gasteiger partial charge on any atom is -1.00 e.